The maximum Gasteiger partial charge on any atom is 0.123 e. The molecule has 98 valence electrons. The number of hydrogen-bond acceptors (Lipinski definition) is 2. The second kappa shape index (κ2) is 5.37. The summed E-state index contributed by atoms with van der Waals surface area (Å²) in [6, 6.07) is 7.60. The number of benzene rings is 1. The second-order valence-corrected chi connectivity index (χ2v) is 5.61. The summed E-state index contributed by atoms with van der Waals surface area (Å²) < 4.78 is 12.9. The standard InChI is InChI=1S/C15H21FN2/c16-14-6-2-12(3-7-14)10-18-9-1-8-17-15(11-18)13-4-5-13/h2-3,6-7,13,15,17H,1,4-5,8-11H2. The second-order valence-electron chi connectivity index (χ2n) is 5.61. The van der Waals surface area contributed by atoms with Crippen molar-refractivity contribution < 1.29 is 4.39 Å². The zero-order valence-electron chi connectivity index (χ0n) is 10.7. The Hall–Kier alpha value is -0.930. The number of nitrogens with zero attached hydrogens (tertiary/aromatic N) is 1. The highest BCUT2D eigenvalue weighted by Gasteiger charge is 2.32. The lowest BCUT2D eigenvalue weighted by atomic mass is 10.1. The lowest BCUT2D eigenvalue weighted by Gasteiger charge is -2.24. The van der Waals surface area contributed by atoms with Gasteiger partial charge < -0.3 is 5.32 Å². The molecule has 1 N–H and O–H groups in total. The molecule has 1 saturated carbocycles. The molecule has 2 fully saturated rings. The summed E-state index contributed by atoms with van der Waals surface area (Å²) >= 11 is 0. The Kier molecular flexibility index (Phi) is 3.62. The van der Waals surface area contributed by atoms with E-state index in [4.69, 9.17) is 0 Å². The molecule has 0 spiro atoms. The van der Waals surface area contributed by atoms with Gasteiger partial charge in [0.15, 0.2) is 0 Å². The minimum atomic E-state index is -0.146. The van der Waals surface area contributed by atoms with Crippen LogP contribution in [0.3, 0.4) is 0 Å². The molecule has 3 heteroatoms. The number of hydrogen-bond donors (Lipinski definition) is 1. The summed E-state index contributed by atoms with van der Waals surface area (Å²) in [7, 11) is 0. The van der Waals surface area contributed by atoms with Gasteiger partial charge >= 0.3 is 0 Å². The van der Waals surface area contributed by atoms with E-state index in [2.05, 4.69) is 10.2 Å². The third kappa shape index (κ3) is 3.09. The minimum Gasteiger partial charge on any atom is -0.312 e. The van der Waals surface area contributed by atoms with Crippen molar-refractivity contribution in [3.05, 3.63) is 35.6 Å². The van der Waals surface area contributed by atoms with Crippen LogP contribution in [-0.4, -0.2) is 30.6 Å². The molecule has 1 heterocycles. The van der Waals surface area contributed by atoms with Crippen molar-refractivity contribution in [2.75, 3.05) is 19.6 Å². The van der Waals surface area contributed by atoms with Gasteiger partial charge in [0.25, 0.3) is 0 Å². The van der Waals surface area contributed by atoms with Crippen molar-refractivity contribution in [2.24, 2.45) is 5.92 Å². The lowest BCUT2D eigenvalue weighted by Crippen LogP contribution is -2.38. The Morgan fingerprint density at radius 2 is 2.00 bits per heavy atom. The van der Waals surface area contributed by atoms with E-state index in [0.717, 1.165) is 32.1 Å². The monoisotopic (exact) mass is 248 g/mol. The average Bonchev–Trinajstić information content (AvgIpc) is 3.18. The van der Waals surface area contributed by atoms with Gasteiger partial charge in [-0.25, -0.2) is 4.39 Å². The van der Waals surface area contributed by atoms with Gasteiger partial charge in [-0.05, 0) is 56.0 Å². The molecule has 1 atom stereocenters. The molecule has 1 aromatic carbocycles. The maximum absolute atomic E-state index is 12.9. The van der Waals surface area contributed by atoms with Crippen LogP contribution in [0.25, 0.3) is 0 Å². The van der Waals surface area contributed by atoms with Gasteiger partial charge in [-0.1, -0.05) is 12.1 Å². The van der Waals surface area contributed by atoms with Gasteiger partial charge in [0.2, 0.25) is 0 Å². The van der Waals surface area contributed by atoms with E-state index in [1.54, 1.807) is 12.1 Å². The van der Waals surface area contributed by atoms with E-state index in [9.17, 15) is 4.39 Å². The van der Waals surface area contributed by atoms with Crippen molar-refractivity contribution in [1.29, 1.82) is 0 Å². The molecule has 1 aromatic rings. The normalized spacial score (nSPS) is 25.9. The first-order valence-electron chi connectivity index (χ1n) is 7.01. The molecule has 0 bridgehead atoms. The van der Waals surface area contributed by atoms with E-state index < -0.39 is 0 Å². The first-order valence-corrected chi connectivity index (χ1v) is 7.01. The predicted octanol–water partition coefficient (Wildman–Crippen LogP) is 2.40. The van der Waals surface area contributed by atoms with Crippen molar-refractivity contribution in [3.8, 4) is 0 Å². The molecule has 0 aromatic heterocycles. The van der Waals surface area contributed by atoms with Crippen LogP contribution in [-0.2, 0) is 6.54 Å². The summed E-state index contributed by atoms with van der Waals surface area (Å²) in [4.78, 5) is 2.51. The molecular formula is C15H21FN2. The fourth-order valence-corrected chi connectivity index (χ4v) is 2.83. The van der Waals surface area contributed by atoms with Crippen LogP contribution >= 0.6 is 0 Å². The highest BCUT2D eigenvalue weighted by molar-refractivity contribution is 5.16. The maximum atomic E-state index is 12.9. The highest BCUT2D eigenvalue weighted by atomic mass is 19.1. The van der Waals surface area contributed by atoms with Crippen LogP contribution in [0.15, 0.2) is 24.3 Å². The summed E-state index contributed by atoms with van der Waals surface area (Å²) in [5, 5.41) is 3.67. The summed E-state index contributed by atoms with van der Waals surface area (Å²) in [5.41, 5.74) is 1.22. The molecular weight excluding hydrogens is 227 g/mol. The Morgan fingerprint density at radius 3 is 2.72 bits per heavy atom. The molecule has 2 nitrogen and oxygen atoms in total. The first kappa shape index (κ1) is 12.1. The molecule has 1 saturated heterocycles. The molecule has 3 rings (SSSR count). The van der Waals surface area contributed by atoms with Gasteiger partial charge in [0, 0.05) is 19.1 Å². The van der Waals surface area contributed by atoms with E-state index in [1.807, 2.05) is 12.1 Å². The topological polar surface area (TPSA) is 15.3 Å². The van der Waals surface area contributed by atoms with Crippen molar-refractivity contribution >= 4 is 0 Å². The van der Waals surface area contributed by atoms with Crippen LogP contribution in [0.1, 0.15) is 24.8 Å². The average molecular weight is 248 g/mol. The van der Waals surface area contributed by atoms with Gasteiger partial charge in [-0.2, -0.15) is 0 Å². The van der Waals surface area contributed by atoms with E-state index in [-0.39, 0.29) is 5.82 Å². The fourth-order valence-electron chi connectivity index (χ4n) is 2.83. The van der Waals surface area contributed by atoms with E-state index >= 15 is 0 Å². The summed E-state index contributed by atoms with van der Waals surface area (Å²) in [6.45, 7) is 4.38. The highest BCUT2D eigenvalue weighted by Crippen LogP contribution is 2.33. The zero-order chi connectivity index (χ0) is 12.4. The Balaban J connectivity index is 1.61. The van der Waals surface area contributed by atoms with E-state index in [0.29, 0.717) is 6.04 Å². The van der Waals surface area contributed by atoms with Crippen LogP contribution in [0.5, 0.6) is 0 Å². The molecule has 2 aliphatic rings. The van der Waals surface area contributed by atoms with Crippen LogP contribution in [0, 0.1) is 11.7 Å². The Bertz CT molecular complexity index is 386. The Morgan fingerprint density at radius 1 is 1.22 bits per heavy atom. The van der Waals surface area contributed by atoms with Gasteiger partial charge in [-0.15, -0.1) is 0 Å². The van der Waals surface area contributed by atoms with E-state index in [1.165, 1.54) is 24.8 Å². The first-order chi connectivity index (χ1) is 8.81. The summed E-state index contributed by atoms with van der Waals surface area (Å²) in [5.74, 6) is 0.756. The lowest BCUT2D eigenvalue weighted by molar-refractivity contribution is 0.251. The minimum absolute atomic E-state index is 0.146. The fraction of sp³-hybridized carbons (Fsp3) is 0.600. The predicted molar refractivity (Wildman–Crippen MR) is 70.8 cm³/mol. The van der Waals surface area contributed by atoms with Crippen molar-refractivity contribution in [2.45, 2.75) is 31.8 Å². The summed E-state index contributed by atoms with van der Waals surface area (Å²) in [6.07, 6.45) is 3.99. The largest absolute Gasteiger partial charge is 0.312 e. The van der Waals surface area contributed by atoms with Gasteiger partial charge in [0.05, 0.1) is 0 Å². The molecule has 1 unspecified atom stereocenters. The smallest absolute Gasteiger partial charge is 0.123 e. The third-order valence-electron chi connectivity index (χ3n) is 4.02. The number of halogens is 1. The van der Waals surface area contributed by atoms with Crippen LogP contribution in [0.4, 0.5) is 4.39 Å². The SMILES string of the molecule is Fc1ccc(CN2CCCNC(C3CC3)C2)cc1. The Labute approximate surface area is 108 Å². The van der Waals surface area contributed by atoms with Gasteiger partial charge in [-0.3, -0.25) is 4.90 Å². The molecule has 18 heavy (non-hydrogen) atoms. The van der Waals surface area contributed by atoms with Crippen molar-refractivity contribution in [1.82, 2.24) is 10.2 Å². The van der Waals surface area contributed by atoms with Crippen molar-refractivity contribution in [3.63, 3.8) is 0 Å². The molecule has 1 aliphatic heterocycles. The molecule has 1 aliphatic carbocycles. The van der Waals surface area contributed by atoms with Crippen LogP contribution < -0.4 is 5.32 Å². The number of nitrogens with one attached hydrogen (secondary N) is 1. The number of rotatable bonds is 3. The zero-order valence-corrected chi connectivity index (χ0v) is 10.7. The van der Waals surface area contributed by atoms with Crippen LogP contribution in [0.2, 0.25) is 0 Å². The molecule has 0 radical (unpaired) electrons. The third-order valence-corrected chi connectivity index (χ3v) is 4.02. The van der Waals surface area contributed by atoms with Gasteiger partial charge in [0.1, 0.15) is 5.82 Å². The quantitative estimate of drug-likeness (QED) is 0.883. The molecule has 0 amide bonds.